The van der Waals surface area contributed by atoms with Crippen LogP contribution in [0.2, 0.25) is 0 Å². The van der Waals surface area contributed by atoms with E-state index in [0.29, 0.717) is 0 Å². The summed E-state index contributed by atoms with van der Waals surface area (Å²) in [7, 11) is 0. The van der Waals surface area contributed by atoms with Crippen LogP contribution in [0.5, 0.6) is 0 Å². The van der Waals surface area contributed by atoms with E-state index < -0.39 is 0 Å². The molecule has 0 amide bonds. The Balaban J connectivity index is 2.03. The molecule has 0 fully saturated rings. The molecule has 0 bridgehead atoms. The number of fused-ring (bicyclic) bond motifs is 2. The monoisotopic (exact) mass is 396 g/mol. The van der Waals surface area contributed by atoms with E-state index in [4.69, 9.17) is 29.3 Å². The lowest BCUT2D eigenvalue weighted by Gasteiger charge is -2.16. The van der Waals surface area contributed by atoms with Crippen molar-refractivity contribution in [2.45, 2.75) is 4.90 Å². The third-order valence-corrected chi connectivity index (χ3v) is 5.73. The molecule has 1 heterocycles. The Hall–Kier alpha value is -2.88. The smallest absolute Gasteiger partial charge is 0.150 e. The Morgan fingerprint density at radius 1 is 0.714 bits per heavy atom. The van der Waals surface area contributed by atoms with Crippen LogP contribution in [-0.4, -0.2) is 0 Å². The lowest BCUT2D eigenvalue weighted by Crippen LogP contribution is -1.91. The second-order valence-electron chi connectivity index (χ2n) is 6.68. The minimum absolute atomic E-state index is 0.727. The molecule has 134 valence electrons. The van der Waals surface area contributed by atoms with Gasteiger partial charge < -0.3 is 4.42 Å². The van der Waals surface area contributed by atoms with Gasteiger partial charge in [0.15, 0.2) is 0 Å². The number of hydrogen-bond acceptors (Lipinski definition) is 3. The summed E-state index contributed by atoms with van der Waals surface area (Å²) < 4.78 is 7.06. The van der Waals surface area contributed by atoms with Crippen molar-refractivity contribution >= 4 is 46.8 Å². The summed E-state index contributed by atoms with van der Waals surface area (Å²) in [5.74, 6) is 0. The van der Waals surface area contributed by atoms with Crippen molar-refractivity contribution < 1.29 is 4.42 Å². The van der Waals surface area contributed by atoms with Gasteiger partial charge in [0.25, 0.3) is 0 Å². The molecule has 5 rings (SSSR count). The zero-order valence-electron chi connectivity index (χ0n) is 14.9. The predicted molar refractivity (Wildman–Crippen MR) is 123 cm³/mol. The zero-order valence-corrected chi connectivity index (χ0v) is 16.6. The first-order chi connectivity index (χ1) is 13.7. The zero-order chi connectivity index (χ0) is 19.1. The fourth-order valence-corrected chi connectivity index (χ4v) is 4.36. The van der Waals surface area contributed by atoms with Crippen LogP contribution in [0.15, 0.2) is 100 Å². The fourth-order valence-electron chi connectivity index (χ4n) is 3.71. The quantitative estimate of drug-likeness (QED) is 0.185. The van der Waals surface area contributed by atoms with Crippen molar-refractivity contribution in [3.05, 3.63) is 95.5 Å². The minimum atomic E-state index is 0.727. The van der Waals surface area contributed by atoms with Gasteiger partial charge in [-0.2, -0.15) is 0 Å². The van der Waals surface area contributed by atoms with Gasteiger partial charge in [-0.3, -0.25) is 0 Å². The molecule has 0 N–H and O–H groups in total. The van der Waals surface area contributed by atoms with Crippen LogP contribution in [-0.2, 0) is 0 Å². The molecule has 0 radical (unpaired) electrons. The van der Waals surface area contributed by atoms with Gasteiger partial charge in [0.2, 0.25) is 0 Å². The van der Waals surface area contributed by atoms with Gasteiger partial charge in [-0.1, -0.05) is 85.0 Å². The molecule has 0 aliphatic carbocycles. The average Bonchev–Trinajstić information content (AvgIpc) is 2.75. The van der Waals surface area contributed by atoms with Crippen molar-refractivity contribution in [1.82, 2.24) is 0 Å². The minimum Gasteiger partial charge on any atom is -0.455 e. The maximum atomic E-state index is 6.27. The van der Waals surface area contributed by atoms with E-state index in [9.17, 15) is 0 Å². The van der Waals surface area contributed by atoms with Crippen molar-refractivity contribution in [2.75, 3.05) is 0 Å². The van der Waals surface area contributed by atoms with E-state index in [1.165, 1.54) is 0 Å². The molecule has 5 aromatic rings. The van der Waals surface area contributed by atoms with Gasteiger partial charge in [0.1, 0.15) is 11.2 Å². The van der Waals surface area contributed by atoms with Crippen LogP contribution < -0.4 is 0 Å². The summed E-state index contributed by atoms with van der Waals surface area (Å²) >= 11 is 10.7. The predicted octanol–water partition coefficient (Wildman–Crippen LogP) is 7.94. The molecule has 0 aliphatic rings. The number of thiol groups is 1. The third-order valence-electron chi connectivity index (χ3n) is 4.98. The molecule has 0 atom stereocenters. The highest BCUT2D eigenvalue weighted by Crippen LogP contribution is 2.43. The average molecular weight is 397 g/mol. The Morgan fingerprint density at radius 3 is 2.04 bits per heavy atom. The van der Waals surface area contributed by atoms with E-state index in [-0.39, 0.29) is 0 Å². The van der Waals surface area contributed by atoms with Gasteiger partial charge in [-0.25, -0.2) is 0 Å². The Bertz CT molecular complexity index is 1370. The second-order valence-corrected chi connectivity index (χ2v) is 7.57. The SMILES string of the molecule is S=c1c2ccccc2oc2c(S)cc(-c3ccccc3)c(-c3ccccc3)c12. The number of para-hydroxylation sites is 1. The maximum Gasteiger partial charge on any atom is 0.150 e. The summed E-state index contributed by atoms with van der Waals surface area (Å²) in [6.07, 6.45) is 0. The van der Waals surface area contributed by atoms with E-state index in [2.05, 4.69) is 30.3 Å². The molecule has 0 saturated carbocycles. The highest BCUT2D eigenvalue weighted by atomic mass is 32.1. The standard InChI is InChI=1S/C25H16OS2/c27-21-15-19(16-9-3-1-4-10-16)22(17-11-5-2-6-12-17)23-24(21)26-20-14-8-7-13-18(20)25(23)28/h1-15,27H. The number of rotatable bonds is 2. The van der Waals surface area contributed by atoms with Crippen LogP contribution in [0, 0.1) is 4.51 Å². The Kier molecular flexibility index (Phi) is 4.27. The highest BCUT2D eigenvalue weighted by molar-refractivity contribution is 7.80. The molecule has 0 saturated heterocycles. The number of hydrogen-bond donors (Lipinski definition) is 1. The van der Waals surface area contributed by atoms with Gasteiger partial charge in [0.05, 0.1) is 4.51 Å². The van der Waals surface area contributed by atoms with Gasteiger partial charge >= 0.3 is 0 Å². The van der Waals surface area contributed by atoms with Crippen LogP contribution >= 0.6 is 24.8 Å². The number of benzene rings is 4. The molecule has 0 unspecified atom stereocenters. The van der Waals surface area contributed by atoms with Crippen LogP contribution in [0.1, 0.15) is 0 Å². The van der Waals surface area contributed by atoms with Crippen molar-refractivity contribution in [3.8, 4) is 22.3 Å². The van der Waals surface area contributed by atoms with E-state index in [0.717, 1.165) is 53.6 Å². The largest absolute Gasteiger partial charge is 0.455 e. The summed E-state index contributed by atoms with van der Waals surface area (Å²) in [5.41, 5.74) is 5.92. The van der Waals surface area contributed by atoms with Crippen molar-refractivity contribution in [1.29, 1.82) is 0 Å². The molecule has 1 nitrogen and oxygen atoms in total. The first-order valence-corrected chi connectivity index (χ1v) is 9.92. The fraction of sp³-hybridized carbons (Fsp3) is 0. The van der Waals surface area contributed by atoms with Crippen molar-refractivity contribution in [3.63, 3.8) is 0 Å². The Morgan fingerprint density at radius 2 is 1.32 bits per heavy atom. The lowest BCUT2D eigenvalue weighted by molar-refractivity contribution is 0.652. The van der Waals surface area contributed by atoms with Gasteiger partial charge in [-0.15, -0.1) is 12.6 Å². The summed E-state index contributed by atoms with van der Waals surface area (Å²) in [6, 6.07) is 30.7. The van der Waals surface area contributed by atoms with E-state index >= 15 is 0 Å². The van der Waals surface area contributed by atoms with Crippen LogP contribution in [0.25, 0.3) is 44.2 Å². The van der Waals surface area contributed by atoms with Crippen molar-refractivity contribution in [2.24, 2.45) is 0 Å². The summed E-state index contributed by atoms with van der Waals surface area (Å²) in [5, 5.41) is 1.88. The topological polar surface area (TPSA) is 13.1 Å². The lowest BCUT2D eigenvalue weighted by atomic mass is 9.91. The molecule has 4 aromatic carbocycles. The summed E-state index contributed by atoms with van der Waals surface area (Å²) in [6.45, 7) is 0. The molecule has 1 aromatic heterocycles. The molecular weight excluding hydrogens is 380 g/mol. The molecule has 28 heavy (non-hydrogen) atoms. The van der Waals surface area contributed by atoms with E-state index in [1.807, 2.05) is 60.7 Å². The van der Waals surface area contributed by atoms with E-state index in [1.54, 1.807) is 0 Å². The second kappa shape index (κ2) is 6.93. The molecular formula is C25H16OS2. The van der Waals surface area contributed by atoms with Gasteiger partial charge in [0, 0.05) is 21.2 Å². The first kappa shape index (κ1) is 17.2. The van der Waals surface area contributed by atoms with Crippen LogP contribution in [0.3, 0.4) is 0 Å². The first-order valence-electron chi connectivity index (χ1n) is 9.06. The third kappa shape index (κ3) is 2.75. The maximum absolute atomic E-state index is 6.27. The van der Waals surface area contributed by atoms with Crippen LogP contribution in [0.4, 0.5) is 0 Å². The summed E-state index contributed by atoms with van der Waals surface area (Å²) in [4.78, 5) is 0.783. The normalized spacial score (nSPS) is 11.2. The van der Waals surface area contributed by atoms with Gasteiger partial charge in [-0.05, 0) is 34.9 Å². The molecule has 3 heteroatoms. The molecule has 0 spiro atoms. The molecule has 0 aliphatic heterocycles. The highest BCUT2D eigenvalue weighted by Gasteiger charge is 2.18. The Labute approximate surface area is 173 Å².